The van der Waals surface area contributed by atoms with Crippen molar-refractivity contribution in [3.63, 3.8) is 0 Å². The molecule has 0 aromatic rings. The zero-order chi connectivity index (χ0) is 9.72. The number of rotatable bonds is 4. The first kappa shape index (κ1) is 11.3. The largest absolute Gasteiger partial charge is 0.381 e. The molecule has 0 bridgehead atoms. The van der Waals surface area contributed by atoms with Crippen LogP contribution in [-0.2, 0) is 0 Å². The highest BCUT2D eigenvalue weighted by molar-refractivity contribution is 5.24. The molecule has 0 radical (unpaired) electrons. The summed E-state index contributed by atoms with van der Waals surface area (Å²) >= 11 is 0. The van der Waals surface area contributed by atoms with E-state index in [1.165, 1.54) is 17.7 Å². The molecule has 0 saturated heterocycles. The van der Waals surface area contributed by atoms with Gasteiger partial charge in [-0.2, -0.15) is 0 Å². The van der Waals surface area contributed by atoms with Crippen molar-refractivity contribution in [2.24, 2.45) is 5.92 Å². The number of hydrogen-bond acceptors (Lipinski definition) is 1. The fourth-order valence-corrected chi connectivity index (χ4v) is 1.18. The van der Waals surface area contributed by atoms with Crippen LogP contribution in [0.3, 0.4) is 0 Å². The molecule has 0 aromatic heterocycles. The normalized spacial score (nSPS) is 15.1. The van der Waals surface area contributed by atoms with Crippen LogP contribution in [0.25, 0.3) is 0 Å². The molecule has 70 valence electrons. The van der Waals surface area contributed by atoms with Gasteiger partial charge in [-0.05, 0) is 24.8 Å². The molecule has 0 aliphatic carbocycles. The smallest absolute Gasteiger partial charge is 0.0131 e. The van der Waals surface area contributed by atoms with Gasteiger partial charge in [0.05, 0.1) is 0 Å². The van der Waals surface area contributed by atoms with Gasteiger partial charge in [0.1, 0.15) is 0 Å². The first-order valence-electron chi connectivity index (χ1n) is 4.55. The van der Waals surface area contributed by atoms with E-state index in [0.29, 0.717) is 5.92 Å². The summed E-state index contributed by atoms with van der Waals surface area (Å²) < 4.78 is 0. The standard InChI is InChI=1S/C11H21N/c1-7-9(3)11(8-2)10(4)12(5)6/h8-9H,2,7H2,1,3-6H3/b11-10+. The Morgan fingerprint density at radius 1 is 1.50 bits per heavy atom. The lowest BCUT2D eigenvalue weighted by Gasteiger charge is -2.20. The third kappa shape index (κ3) is 2.72. The van der Waals surface area contributed by atoms with E-state index in [-0.39, 0.29) is 0 Å². The van der Waals surface area contributed by atoms with Crippen molar-refractivity contribution in [1.29, 1.82) is 0 Å². The van der Waals surface area contributed by atoms with Crippen LogP contribution in [0.5, 0.6) is 0 Å². The molecule has 1 heteroatoms. The van der Waals surface area contributed by atoms with Crippen molar-refractivity contribution in [3.05, 3.63) is 23.9 Å². The van der Waals surface area contributed by atoms with E-state index in [2.05, 4.69) is 46.3 Å². The SMILES string of the molecule is C=C/C(=C(/C)N(C)C)C(C)CC. The van der Waals surface area contributed by atoms with Crippen molar-refractivity contribution in [2.45, 2.75) is 27.2 Å². The number of allylic oxidation sites excluding steroid dienone is 3. The summed E-state index contributed by atoms with van der Waals surface area (Å²) in [5.74, 6) is 0.616. The summed E-state index contributed by atoms with van der Waals surface area (Å²) in [5, 5.41) is 0. The Balaban J connectivity index is 4.72. The van der Waals surface area contributed by atoms with Crippen molar-refractivity contribution in [1.82, 2.24) is 4.90 Å². The zero-order valence-corrected chi connectivity index (χ0v) is 9.02. The first-order chi connectivity index (χ1) is 5.54. The average molecular weight is 167 g/mol. The van der Waals surface area contributed by atoms with Gasteiger partial charge >= 0.3 is 0 Å². The highest BCUT2D eigenvalue weighted by atomic mass is 15.1. The lowest BCUT2D eigenvalue weighted by atomic mass is 9.96. The topological polar surface area (TPSA) is 3.24 Å². The summed E-state index contributed by atoms with van der Waals surface area (Å²) in [7, 11) is 4.14. The maximum atomic E-state index is 3.85. The zero-order valence-electron chi connectivity index (χ0n) is 9.02. The van der Waals surface area contributed by atoms with Gasteiger partial charge in [0.15, 0.2) is 0 Å². The van der Waals surface area contributed by atoms with Gasteiger partial charge < -0.3 is 4.90 Å². The molecule has 0 heterocycles. The highest BCUT2D eigenvalue weighted by Gasteiger charge is 2.07. The molecule has 0 amide bonds. The summed E-state index contributed by atoms with van der Waals surface area (Å²) in [6.45, 7) is 10.4. The molecular formula is C11H21N. The van der Waals surface area contributed by atoms with E-state index in [9.17, 15) is 0 Å². The Morgan fingerprint density at radius 2 is 2.00 bits per heavy atom. The Hall–Kier alpha value is -0.720. The summed E-state index contributed by atoms with van der Waals surface area (Å²) in [6.07, 6.45) is 3.15. The van der Waals surface area contributed by atoms with Crippen LogP contribution >= 0.6 is 0 Å². The first-order valence-corrected chi connectivity index (χ1v) is 4.55. The summed E-state index contributed by atoms with van der Waals surface area (Å²) in [6, 6.07) is 0. The minimum absolute atomic E-state index is 0.616. The third-order valence-corrected chi connectivity index (χ3v) is 2.45. The van der Waals surface area contributed by atoms with Crippen LogP contribution in [0.15, 0.2) is 23.9 Å². The van der Waals surface area contributed by atoms with Crippen LogP contribution in [0, 0.1) is 5.92 Å². The van der Waals surface area contributed by atoms with Crippen molar-refractivity contribution < 1.29 is 0 Å². The third-order valence-electron chi connectivity index (χ3n) is 2.45. The summed E-state index contributed by atoms with van der Waals surface area (Å²) in [5.41, 5.74) is 2.68. The van der Waals surface area contributed by atoms with E-state index in [0.717, 1.165) is 0 Å². The molecule has 0 fully saturated rings. The van der Waals surface area contributed by atoms with Gasteiger partial charge in [-0.3, -0.25) is 0 Å². The van der Waals surface area contributed by atoms with Gasteiger partial charge in [-0.1, -0.05) is 26.5 Å². The lowest BCUT2D eigenvalue weighted by Crippen LogP contribution is -2.13. The Bertz CT molecular complexity index is 177. The maximum Gasteiger partial charge on any atom is 0.0131 e. The molecule has 0 N–H and O–H groups in total. The molecule has 1 nitrogen and oxygen atoms in total. The van der Waals surface area contributed by atoms with Gasteiger partial charge in [0, 0.05) is 19.8 Å². The van der Waals surface area contributed by atoms with E-state index in [4.69, 9.17) is 0 Å². The molecule has 0 aliphatic heterocycles. The van der Waals surface area contributed by atoms with Crippen LogP contribution in [0.4, 0.5) is 0 Å². The Labute approximate surface area is 76.8 Å². The predicted octanol–water partition coefficient (Wildman–Crippen LogP) is 3.05. The van der Waals surface area contributed by atoms with Gasteiger partial charge in [-0.15, -0.1) is 0 Å². The Kier molecular flexibility index (Phi) is 4.72. The molecule has 0 aromatic carbocycles. The molecule has 0 aliphatic rings. The summed E-state index contributed by atoms with van der Waals surface area (Å²) in [4.78, 5) is 2.14. The van der Waals surface area contributed by atoms with Crippen LogP contribution in [0.1, 0.15) is 27.2 Å². The van der Waals surface area contributed by atoms with Crippen LogP contribution in [-0.4, -0.2) is 19.0 Å². The molecule has 0 spiro atoms. The van der Waals surface area contributed by atoms with E-state index < -0.39 is 0 Å². The number of hydrogen-bond donors (Lipinski definition) is 0. The van der Waals surface area contributed by atoms with Crippen molar-refractivity contribution in [2.75, 3.05) is 14.1 Å². The fourth-order valence-electron chi connectivity index (χ4n) is 1.18. The van der Waals surface area contributed by atoms with Crippen molar-refractivity contribution >= 4 is 0 Å². The average Bonchev–Trinajstić information content (AvgIpc) is 2.05. The van der Waals surface area contributed by atoms with Gasteiger partial charge in [0.2, 0.25) is 0 Å². The van der Waals surface area contributed by atoms with E-state index in [1.807, 2.05) is 6.08 Å². The lowest BCUT2D eigenvalue weighted by molar-refractivity contribution is 0.493. The second kappa shape index (κ2) is 5.02. The predicted molar refractivity (Wildman–Crippen MR) is 56.0 cm³/mol. The quantitative estimate of drug-likeness (QED) is 0.582. The molecule has 0 saturated carbocycles. The number of nitrogens with zero attached hydrogens (tertiary/aromatic N) is 1. The fraction of sp³-hybridized carbons (Fsp3) is 0.636. The minimum Gasteiger partial charge on any atom is -0.381 e. The minimum atomic E-state index is 0.616. The Morgan fingerprint density at radius 3 is 2.25 bits per heavy atom. The maximum absolute atomic E-state index is 3.85. The molecule has 12 heavy (non-hydrogen) atoms. The molecular weight excluding hydrogens is 146 g/mol. The second-order valence-corrected chi connectivity index (χ2v) is 3.45. The highest BCUT2D eigenvalue weighted by Crippen LogP contribution is 2.19. The van der Waals surface area contributed by atoms with Crippen molar-refractivity contribution in [3.8, 4) is 0 Å². The van der Waals surface area contributed by atoms with E-state index >= 15 is 0 Å². The molecule has 1 unspecified atom stereocenters. The second-order valence-electron chi connectivity index (χ2n) is 3.45. The van der Waals surface area contributed by atoms with Gasteiger partial charge in [0.25, 0.3) is 0 Å². The van der Waals surface area contributed by atoms with Gasteiger partial charge in [-0.25, -0.2) is 0 Å². The van der Waals surface area contributed by atoms with E-state index in [1.54, 1.807) is 0 Å². The van der Waals surface area contributed by atoms with Crippen LogP contribution < -0.4 is 0 Å². The molecule has 0 rings (SSSR count). The van der Waals surface area contributed by atoms with Crippen LogP contribution in [0.2, 0.25) is 0 Å². The molecule has 1 atom stereocenters. The monoisotopic (exact) mass is 167 g/mol.